The van der Waals surface area contributed by atoms with Crippen molar-refractivity contribution in [1.29, 1.82) is 0 Å². The number of hydrogen-bond donors (Lipinski definition) is 2. The molecule has 0 aliphatic carbocycles. The standard InChI is InChI=1S/C15H14O3/c16-13(11-7-3-1-4-8-11)15(18)14(17)12-9-5-2-6-10-12/h1-10,13,15-16,18H/t13-,15+/m1/s1. The van der Waals surface area contributed by atoms with Crippen LogP contribution in [-0.4, -0.2) is 22.1 Å². The van der Waals surface area contributed by atoms with Gasteiger partial charge in [0.25, 0.3) is 0 Å². The summed E-state index contributed by atoms with van der Waals surface area (Å²) in [6, 6.07) is 17.1. The Balaban J connectivity index is 2.17. The van der Waals surface area contributed by atoms with Gasteiger partial charge in [0.05, 0.1) is 0 Å². The molecule has 3 heteroatoms. The van der Waals surface area contributed by atoms with Crippen molar-refractivity contribution in [2.24, 2.45) is 0 Å². The molecule has 3 nitrogen and oxygen atoms in total. The Labute approximate surface area is 105 Å². The van der Waals surface area contributed by atoms with E-state index in [4.69, 9.17) is 0 Å². The minimum absolute atomic E-state index is 0.389. The van der Waals surface area contributed by atoms with Crippen molar-refractivity contribution in [3.8, 4) is 0 Å². The van der Waals surface area contributed by atoms with Gasteiger partial charge in [-0.05, 0) is 5.56 Å². The number of carbonyl (C=O) groups excluding carboxylic acids is 1. The van der Waals surface area contributed by atoms with Crippen LogP contribution in [0, 0.1) is 0 Å². The predicted molar refractivity (Wildman–Crippen MR) is 68.2 cm³/mol. The first kappa shape index (κ1) is 12.5. The van der Waals surface area contributed by atoms with Crippen LogP contribution in [0.25, 0.3) is 0 Å². The largest absolute Gasteiger partial charge is 0.385 e. The molecule has 0 heterocycles. The van der Waals surface area contributed by atoms with E-state index in [0.29, 0.717) is 11.1 Å². The Morgan fingerprint density at radius 3 is 1.89 bits per heavy atom. The van der Waals surface area contributed by atoms with Gasteiger partial charge in [0.1, 0.15) is 12.2 Å². The molecule has 2 aromatic rings. The van der Waals surface area contributed by atoms with Crippen molar-refractivity contribution in [1.82, 2.24) is 0 Å². The van der Waals surface area contributed by atoms with Gasteiger partial charge in [0, 0.05) is 5.56 Å². The summed E-state index contributed by atoms with van der Waals surface area (Å²) in [6.45, 7) is 0. The average molecular weight is 242 g/mol. The normalized spacial score (nSPS) is 13.9. The van der Waals surface area contributed by atoms with Crippen molar-refractivity contribution in [3.05, 3.63) is 71.8 Å². The van der Waals surface area contributed by atoms with Gasteiger partial charge in [0.15, 0.2) is 5.78 Å². The molecule has 0 radical (unpaired) electrons. The molecule has 0 fully saturated rings. The van der Waals surface area contributed by atoms with E-state index in [1.807, 2.05) is 6.07 Å². The Bertz CT molecular complexity index is 508. The molecular formula is C15H14O3. The van der Waals surface area contributed by atoms with Gasteiger partial charge in [-0.15, -0.1) is 0 Å². The van der Waals surface area contributed by atoms with Crippen molar-refractivity contribution < 1.29 is 15.0 Å². The van der Waals surface area contributed by atoms with Crippen LogP contribution < -0.4 is 0 Å². The maximum absolute atomic E-state index is 11.9. The maximum Gasteiger partial charge on any atom is 0.194 e. The fourth-order valence-corrected chi connectivity index (χ4v) is 1.75. The monoisotopic (exact) mass is 242 g/mol. The van der Waals surface area contributed by atoms with Crippen LogP contribution in [0.3, 0.4) is 0 Å². The second-order valence-corrected chi connectivity index (χ2v) is 4.03. The Morgan fingerprint density at radius 1 is 0.833 bits per heavy atom. The van der Waals surface area contributed by atoms with Crippen molar-refractivity contribution >= 4 is 5.78 Å². The summed E-state index contributed by atoms with van der Waals surface area (Å²) in [4.78, 5) is 11.9. The molecule has 2 N–H and O–H groups in total. The first-order valence-corrected chi connectivity index (χ1v) is 5.70. The van der Waals surface area contributed by atoms with Gasteiger partial charge in [-0.2, -0.15) is 0 Å². The Morgan fingerprint density at radius 2 is 1.33 bits per heavy atom. The van der Waals surface area contributed by atoms with Crippen LogP contribution >= 0.6 is 0 Å². The fraction of sp³-hybridized carbons (Fsp3) is 0.133. The summed E-state index contributed by atoms with van der Waals surface area (Å²) in [5.74, 6) is -0.480. The summed E-state index contributed by atoms with van der Waals surface area (Å²) in [6.07, 6.45) is -2.66. The third-order valence-electron chi connectivity index (χ3n) is 2.77. The second-order valence-electron chi connectivity index (χ2n) is 4.03. The van der Waals surface area contributed by atoms with Crippen LogP contribution in [0.2, 0.25) is 0 Å². The number of hydrogen-bond acceptors (Lipinski definition) is 3. The lowest BCUT2D eigenvalue weighted by molar-refractivity contribution is 0.0204. The van der Waals surface area contributed by atoms with E-state index in [9.17, 15) is 15.0 Å². The number of aliphatic hydroxyl groups is 2. The number of benzene rings is 2. The van der Waals surface area contributed by atoms with E-state index in [2.05, 4.69) is 0 Å². The summed E-state index contributed by atoms with van der Waals surface area (Å²) in [7, 11) is 0. The molecule has 2 rings (SSSR count). The number of rotatable bonds is 4. The topological polar surface area (TPSA) is 57.5 Å². The molecule has 0 aliphatic heterocycles. The minimum atomic E-state index is -1.45. The number of Topliss-reactive ketones (excluding diaryl/α,β-unsaturated/α-hetero) is 1. The fourth-order valence-electron chi connectivity index (χ4n) is 1.75. The van der Waals surface area contributed by atoms with Gasteiger partial charge < -0.3 is 10.2 Å². The van der Waals surface area contributed by atoms with Crippen molar-refractivity contribution in [2.75, 3.05) is 0 Å². The lowest BCUT2D eigenvalue weighted by Gasteiger charge is -2.17. The molecular weight excluding hydrogens is 228 g/mol. The molecule has 0 spiro atoms. The highest BCUT2D eigenvalue weighted by Crippen LogP contribution is 2.19. The van der Waals surface area contributed by atoms with Gasteiger partial charge >= 0.3 is 0 Å². The van der Waals surface area contributed by atoms with Gasteiger partial charge in [-0.3, -0.25) is 4.79 Å². The highest BCUT2D eigenvalue weighted by Gasteiger charge is 2.26. The van der Waals surface area contributed by atoms with E-state index in [1.54, 1.807) is 54.6 Å². The third kappa shape index (κ3) is 2.64. The highest BCUT2D eigenvalue weighted by molar-refractivity contribution is 5.99. The molecule has 0 bridgehead atoms. The minimum Gasteiger partial charge on any atom is -0.385 e. The lowest BCUT2D eigenvalue weighted by atomic mass is 9.97. The van der Waals surface area contributed by atoms with Gasteiger partial charge in [0.2, 0.25) is 0 Å². The summed E-state index contributed by atoms with van der Waals surface area (Å²) in [5.41, 5.74) is 0.911. The molecule has 2 aromatic carbocycles. The molecule has 92 valence electrons. The lowest BCUT2D eigenvalue weighted by Crippen LogP contribution is -2.28. The predicted octanol–water partition coefficient (Wildman–Crippen LogP) is 1.96. The van der Waals surface area contributed by atoms with Crippen LogP contribution in [0.15, 0.2) is 60.7 Å². The first-order chi connectivity index (χ1) is 8.70. The molecule has 0 saturated carbocycles. The molecule has 18 heavy (non-hydrogen) atoms. The summed E-state index contributed by atoms with van der Waals surface area (Å²) in [5, 5.41) is 19.8. The zero-order valence-electron chi connectivity index (χ0n) is 9.73. The zero-order valence-corrected chi connectivity index (χ0v) is 9.73. The van der Waals surface area contributed by atoms with Gasteiger partial charge in [-0.1, -0.05) is 60.7 Å². The SMILES string of the molecule is O=C(c1ccccc1)[C@@H](O)[C@H](O)c1ccccc1. The van der Waals surface area contributed by atoms with E-state index < -0.39 is 18.0 Å². The number of ketones is 1. The highest BCUT2D eigenvalue weighted by atomic mass is 16.3. The summed E-state index contributed by atoms with van der Waals surface area (Å²) < 4.78 is 0. The van der Waals surface area contributed by atoms with E-state index in [0.717, 1.165) is 0 Å². The van der Waals surface area contributed by atoms with E-state index in [1.165, 1.54) is 0 Å². The molecule has 0 aromatic heterocycles. The zero-order chi connectivity index (χ0) is 13.0. The third-order valence-corrected chi connectivity index (χ3v) is 2.77. The number of carbonyl (C=O) groups is 1. The van der Waals surface area contributed by atoms with Gasteiger partial charge in [-0.25, -0.2) is 0 Å². The Hall–Kier alpha value is -1.97. The first-order valence-electron chi connectivity index (χ1n) is 5.70. The molecule has 0 aliphatic rings. The smallest absolute Gasteiger partial charge is 0.194 e. The van der Waals surface area contributed by atoms with Crippen LogP contribution in [0.5, 0.6) is 0 Å². The average Bonchev–Trinajstić information content (AvgIpc) is 2.47. The quantitative estimate of drug-likeness (QED) is 0.806. The molecule has 2 atom stereocenters. The maximum atomic E-state index is 11.9. The van der Waals surface area contributed by atoms with Crippen LogP contribution in [0.1, 0.15) is 22.0 Å². The van der Waals surface area contributed by atoms with Crippen LogP contribution in [-0.2, 0) is 0 Å². The van der Waals surface area contributed by atoms with E-state index in [-0.39, 0.29) is 0 Å². The Kier molecular flexibility index (Phi) is 3.87. The molecule has 0 unspecified atom stereocenters. The molecule has 0 saturated heterocycles. The molecule has 0 amide bonds. The summed E-state index contributed by atoms with van der Waals surface area (Å²) >= 11 is 0. The van der Waals surface area contributed by atoms with Crippen molar-refractivity contribution in [3.63, 3.8) is 0 Å². The van der Waals surface area contributed by atoms with E-state index >= 15 is 0 Å². The number of aliphatic hydroxyl groups excluding tert-OH is 2. The van der Waals surface area contributed by atoms with Crippen molar-refractivity contribution in [2.45, 2.75) is 12.2 Å². The van der Waals surface area contributed by atoms with Crippen LogP contribution in [0.4, 0.5) is 0 Å². The second kappa shape index (κ2) is 5.58.